The van der Waals surface area contributed by atoms with Crippen LogP contribution in [0, 0.1) is 6.92 Å². The fraction of sp³-hybridized carbons (Fsp3) is 0.281. The number of nitrogens with one attached hydrogen (secondary N) is 2. The zero-order valence-corrected chi connectivity index (χ0v) is 24.2. The van der Waals surface area contributed by atoms with Crippen LogP contribution in [0.2, 0.25) is 0 Å². The molecule has 230 valence electrons. The summed E-state index contributed by atoms with van der Waals surface area (Å²) in [5, 5.41) is 12.7. The van der Waals surface area contributed by atoms with E-state index in [1.165, 1.54) is 13.1 Å². The van der Waals surface area contributed by atoms with Gasteiger partial charge in [-0.2, -0.15) is 0 Å². The normalized spacial score (nSPS) is 12.7. The number of allylic oxidation sites excluding steroid dienone is 3. The average Bonchev–Trinajstić information content (AvgIpc) is 3.54. The predicted molar refractivity (Wildman–Crippen MR) is 161 cm³/mol. The number of alkyl carbamates (subject to hydrolysis) is 1. The average molecular weight is 603 g/mol. The molecular weight excluding hydrogens is 568 g/mol. The maximum Gasteiger partial charge on any atom is 0.407 e. The van der Waals surface area contributed by atoms with Crippen molar-refractivity contribution in [2.24, 2.45) is 0 Å². The van der Waals surface area contributed by atoms with Gasteiger partial charge in [-0.1, -0.05) is 60.7 Å². The van der Waals surface area contributed by atoms with Crippen molar-refractivity contribution in [2.75, 3.05) is 19.7 Å². The number of benzene rings is 2. The number of nitrogens with zero attached hydrogens (tertiary/aromatic N) is 2. The van der Waals surface area contributed by atoms with E-state index in [-0.39, 0.29) is 31.7 Å². The minimum absolute atomic E-state index is 0.0374. The fourth-order valence-corrected chi connectivity index (χ4v) is 4.53. The first kappa shape index (κ1) is 31.5. The lowest BCUT2D eigenvalue weighted by molar-refractivity contribution is -0.150. The number of aliphatic carboxylic acids is 1. The van der Waals surface area contributed by atoms with Gasteiger partial charge in [-0.25, -0.2) is 14.4 Å². The smallest absolute Gasteiger partial charge is 0.407 e. The molecule has 12 nitrogen and oxygen atoms in total. The summed E-state index contributed by atoms with van der Waals surface area (Å²) in [5.74, 6) is -1.34. The molecular formula is C32H34N4O8. The summed E-state index contributed by atoms with van der Waals surface area (Å²) in [4.78, 5) is 65.6. The van der Waals surface area contributed by atoms with E-state index in [4.69, 9.17) is 9.47 Å². The number of H-pyrrole nitrogens is 1. The summed E-state index contributed by atoms with van der Waals surface area (Å²) in [5.41, 5.74) is 1.39. The quantitative estimate of drug-likeness (QED) is 0.254. The molecule has 1 atom stereocenters. The van der Waals surface area contributed by atoms with E-state index in [2.05, 4.69) is 10.3 Å². The van der Waals surface area contributed by atoms with Crippen LogP contribution in [0.3, 0.4) is 0 Å². The Morgan fingerprint density at radius 1 is 1.05 bits per heavy atom. The summed E-state index contributed by atoms with van der Waals surface area (Å²) in [6, 6.07) is 14.7. The van der Waals surface area contributed by atoms with Crippen molar-refractivity contribution in [3.05, 3.63) is 122 Å². The maximum absolute atomic E-state index is 13.5. The van der Waals surface area contributed by atoms with E-state index in [0.717, 1.165) is 27.0 Å². The molecule has 2 amide bonds. The summed E-state index contributed by atoms with van der Waals surface area (Å²) < 4.78 is 12.0. The molecule has 1 aliphatic carbocycles. The largest absolute Gasteiger partial charge is 0.489 e. The number of carboxylic acids is 1. The molecule has 0 fully saturated rings. The first-order chi connectivity index (χ1) is 21.2. The minimum atomic E-state index is -1.33. The fourth-order valence-electron chi connectivity index (χ4n) is 4.53. The standard InChI is InChI=1S/C32H34N4O8/c1-22-18-35(31(41)34-29(22)38)19-28(37)36(16-15-33-32(42)44-21-25-7-3-2-4-8-25)27(30(39)40)17-23-11-13-26(14-12-23)43-20-24-9-5-6-10-24/h2-9,11-14,18,27H,10,15-17,19-21H2,1H3,(H,33,42)(H,39,40)(H,34,38,41). The summed E-state index contributed by atoms with van der Waals surface area (Å²) in [6.45, 7) is 1.15. The van der Waals surface area contributed by atoms with Crippen LogP contribution in [-0.2, 0) is 33.9 Å². The van der Waals surface area contributed by atoms with Gasteiger partial charge in [-0.05, 0) is 42.2 Å². The molecule has 0 saturated carbocycles. The number of carbonyl (C=O) groups excluding carboxylic acids is 2. The number of carboxylic acid groups (broad SMARTS) is 1. The number of ether oxygens (including phenoxy) is 2. The molecule has 1 unspecified atom stereocenters. The van der Waals surface area contributed by atoms with Gasteiger partial charge in [0.15, 0.2) is 0 Å². The van der Waals surface area contributed by atoms with Crippen LogP contribution in [-0.4, -0.2) is 63.3 Å². The topological polar surface area (TPSA) is 160 Å². The number of aromatic nitrogens is 2. The Morgan fingerprint density at radius 2 is 1.80 bits per heavy atom. The van der Waals surface area contributed by atoms with Gasteiger partial charge >= 0.3 is 17.8 Å². The predicted octanol–water partition coefficient (Wildman–Crippen LogP) is 2.56. The van der Waals surface area contributed by atoms with E-state index in [9.17, 15) is 29.1 Å². The molecule has 0 bridgehead atoms. The Balaban J connectivity index is 1.45. The van der Waals surface area contributed by atoms with Crippen LogP contribution < -0.4 is 21.3 Å². The molecule has 0 radical (unpaired) electrons. The third-order valence-electron chi connectivity index (χ3n) is 6.94. The molecule has 0 saturated heterocycles. The van der Waals surface area contributed by atoms with E-state index >= 15 is 0 Å². The Labute approximate surface area is 253 Å². The molecule has 44 heavy (non-hydrogen) atoms. The van der Waals surface area contributed by atoms with Crippen molar-refractivity contribution >= 4 is 18.0 Å². The second-order valence-electron chi connectivity index (χ2n) is 10.2. The number of amides is 2. The number of rotatable bonds is 14. The highest BCUT2D eigenvalue weighted by molar-refractivity contribution is 5.84. The van der Waals surface area contributed by atoms with Crippen molar-refractivity contribution in [1.29, 1.82) is 0 Å². The van der Waals surface area contributed by atoms with Gasteiger partial charge in [0.1, 0.15) is 31.5 Å². The van der Waals surface area contributed by atoms with E-state index in [1.54, 1.807) is 36.4 Å². The summed E-state index contributed by atoms with van der Waals surface area (Å²) in [7, 11) is 0. The minimum Gasteiger partial charge on any atom is -0.489 e. The Hall–Kier alpha value is -5.39. The molecule has 0 aliphatic heterocycles. The number of hydrogen-bond donors (Lipinski definition) is 3. The first-order valence-electron chi connectivity index (χ1n) is 14.0. The molecule has 3 aromatic rings. The van der Waals surface area contributed by atoms with Gasteiger partial charge in [0.25, 0.3) is 5.56 Å². The van der Waals surface area contributed by atoms with Crippen LogP contribution in [0.1, 0.15) is 23.1 Å². The molecule has 0 spiro atoms. The van der Waals surface area contributed by atoms with Gasteiger partial charge in [0, 0.05) is 31.3 Å². The molecule has 2 aromatic carbocycles. The molecule has 3 N–H and O–H groups in total. The van der Waals surface area contributed by atoms with Crippen LogP contribution in [0.15, 0.2) is 94.2 Å². The van der Waals surface area contributed by atoms with Crippen LogP contribution in [0.4, 0.5) is 4.79 Å². The van der Waals surface area contributed by atoms with Crippen molar-refractivity contribution in [3.8, 4) is 5.75 Å². The lowest BCUT2D eigenvalue weighted by atomic mass is 10.0. The van der Waals surface area contributed by atoms with Crippen LogP contribution >= 0.6 is 0 Å². The summed E-state index contributed by atoms with van der Waals surface area (Å²) >= 11 is 0. The van der Waals surface area contributed by atoms with E-state index < -0.39 is 41.8 Å². The lowest BCUT2D eigenvalue weighted by Gasteiger charge is -2.29. The van der Waals surface area contributed by atoms with Gasteiger partial charge in [0.2, 0.25) is 5.91 Å². The summed E-state index contributed by atoms with van der Waals surface area (Å²) in [6.07, 6.45) is 7.30. The second-order valence-corrected chi connectivity index (χ2v) is 10.2. The van der Waals surface area contributed by atoms with Gasteiger partial charge in [0.05, 0.1) is 0 Å². The Bertz CT molecular complexity index is 1640. The highest BCUT2D eigenvalue weighted by Crippen LogP contribution is 2.18. The Kier molecular flexibility index (Phi) is 10.9. The zero-order valence-electron chi connectivity index (χ0n) is 24.2. The number of carbonyl (C=O) groups is 3. The molecule has 1 aliphatic rings. The molecule has 4 rings (SSSR count). The van der Waals surface area contributed by atoms with Crippen molar-refractivity contribution in [1.82, 2.24) is 19.8 Å². The van der Waals surface area contributed by atoms with Crippen molar-refractivity contribution in [3.63, 3.8) is 0 Å². The highest BCUT2D eigenvalue weighted by Gasteiger charge is 2.30. The monoisotopic (exact) mass is 602 g/mol. The van der Waals surface area contributed by atoms with Crippen LogP contribution in [0.25, 0.3) is 0 Å². The van der Waals surface area contributed by atoms with Crippen molar-refractivity contribution < 1.29 is 29.0 Å². The maximum atomic E-state index is 13.5. The van der Waals surface area contributed by atoms with Crippen molar-refractivity contribution in [2.45, 2.75) is 39.0 Å². The highest BCUT2D eigenvalue weighted by atomic mass is 16.5. The van der Waals surface area contributed by atoms with E-state index in [1.807, 2.05) is 36.4 Å². The molecule has 1 heterocycles. The molecule has 12 heteroatoms. The number of aryl methyl sites for hydroxylation is 1. The lowest BCUT2D eigenvalue weighted by Crippen LogP contribution is -2.51. The molecule has 1 aromatic heterocycles. The SMILES string of the molecule is Cc1cn(CC(=O)N(CCNC(=O)OCc2ccccc2)C(Cc2ccc(OCC3=CC=CC3)cc2)C(=O)O)c(=O)[nH]c1=O. The number of aromatic amines is 1. The third-order valence-corrected chi connectivity index (χ3v) is 6.94. The second kappa shape index (κ2) is 15.2. The number of hydrogen-bond acceptors (Lipinski definition) is 7. The first-order valence-corrected chi connectivity index (χ1v) is 14.0. The van der Waals surface area contributed by atoms with E-state index in [0.29, 0.717) is 17.9 Å². The van der Waals surface area contributed by atoms with Gasteiger partial charge in [-0.15, -0.1) is 0 Å². The zero-order chi connectivity index (χ0) is 31.5. The Morgan fingerprint density at radius 3 is 2.48 bits per heavy atom. The third kappa shape index (κ3) is 9.05. The van der Waals surface area contributed by atoms with Gasteiger partial charge in [-0.3, -0.25) is 19.1 Å². The van der Waals surface area contributed by atoms with Crippen LogP contribution in [0.5, 0.6) is 5.75 Å². The van der Waals surface area contributed by atoms with Gasteiger partial charge < -0.3 is 24.8 Å².